The summed E-state index contributed by atoms with van der Waals surface area (Å²) in [6.45, 7) is 0.790. The summed E-state index contributed by atoms with van der Waals surface area (Å²) < 4.78 is 0. The number of benzene rings is 1. The predicted molar refractivity (Wildman–Crippen MR) is 80.4 cm³/mol. The Balaban J connectivity index is 1.72. The number of aromatic nitrogens is 2. The number of rotatable bonds is 4. The van der Waals surface area contributed by atoms with Gasteiger partial charge in [0, 0.05) is 13.1 Å². The number of para-hydroxylation sites is 2. The van der Waals surface area contributed by atoms with Crippen molar-refractivity contribution in [2.75, 3.05) is 13.1 Å². The lowest BCUT2D eigenvalue weighted by Gasteiger charge is -2.23. The van der Waals surface area contributed by atoms with Crippen molar-refractivity contribution in [2.24, 2.45) is 0 Å². The van der Waals surface area contributed by atoms with Crippen molar-refractivity contribution in [3.63, 3.8) is 0 Å². The van der Waals surface area contributed by atoms with Gasteiger partial charge in [-0.05, 0) is 25.0 Å². The lowest BCUT2D eigenvalue weighted by atomic mass is 10.2. The molecule has 1 fully saturated rings. The Morgan fingerprint density at radius 2 is 2.23 bits per heavy atom. The maximum absolute atomic E-state index is 12.2. The molecule has 2 amide bonds. The van der Waals surface area contributed by atoms with Gasteiger partial charge in [-0.15, -0.1) is 0 Å². The molecule has 1 unspecified atom stereocenters. The van der Waals surface area contributed by atoms with E-state index in [2.05, 4.69) is 15.3 Å². The molecule has 3 rings (SSSR count). The van der Waals surface area contributed by atoms with Crippen LogP contribution in [-0.2, 0) is 4.79 Å². The van der Waals surface area contributed by atoms with Crippen LogP contribution in [0.4, 0.5) is 4.79 Å². The van der Waals surface area contributed by atoms with Gasteiger partial charge in [0.2, 0.25) is 0 Å². The van der Waals surface area contributed by atoms with E-state index in [4.69, 9.17) is 5.11 Å². The fourth-order valence-corrected chi connectivity index (χ4v) is 2.80. The van der Waals surface area contributed by atoms with Gasteiger partial charge in [-0.3, -0.25) is 4.79 Å². The number of carboxylic acid groups (broad SMARTS) is 1. The Kier molecular flexibility index (Phi) is 3.95. The number of carbonyl (C=O) groups excluding carboxylic acids is 1. The molecule has 1 aliphatic rings. The summed E-state index contributed by atoms with van der Waals surface area (Å²) in [6.07, 6.45) is 1.69. The van der Waals surface area contributed by atoms with Crippen LogP contribution in [0.25, 0.3) is 11.0 Å². The van der Waals surface area contributed by atoms with E-state index in [-0.39, 0.29) is 25.0 Å². The number of carbonyl (C=O) groups is 2. The largest absolute Gasteiger partial charge is 0.481 e. The molecule has 1 aromatic carbocycles. The van der Waals surface area contributed by atoms with Crippen LogP contribution in [0.3, 0.4) is 0 Å². The maximum Gasteiger partial charge on any atom is 0.318 e. The Morgan fingerprint density at radius 3 is 3.00 bits per heavy atom. The van der Waals surface area contributed by atoms with E-state index in [0.717, 1.165) is 29.7 Å². The van der Waals surface area contributed by atoms with E-state index < -0.39 is 5.97 Å². The molecule has 1 aliphatic heterocycles. The second-order valence-corrected chi connectivity index (χ2v) is 5.37. The molecule has 3 N–H and O–H groups in total. The fourth-order valence-electron chi connectivity index (χ4n) is 2.80. The average Bonchev–Trinajstić information content (AvgIpc) is 3.12. The number of hydrogen-bond acceptors (Lipinski definition) is 3. The quantitative estimate of drug-likeness (QED) is 0.803. The van der Waals surface area contributed by atoms with E-state index in [1.165, 1.54) is 0 Å². The zero-order valence-electron chi connectivity index (χ0n) is 12.1. The topological polar surface area (TPSA) is 98.3 Å². The summed E-state index contributed by atoms with van der Waals surface area (Å²) in [4.78, 5) is 32.3. The van der Waals surface area contributed by atoms with Gasteiger partial charge in [0.05, 0.1) is 23.5 Å². The Labute approximate surface area is 127 Å². The van der Waals surface area contributed by atoms with E-state index in [0.29, 0.717) is 6.54 Å². The molecule has 7 heteroatoms. The predicted octanol–water partition coefficient (Wildman–Crippen LogP) is 1.88. The molecule has 1 aromatic heterocycles. The number of aliphatic carboxylic acids is 1. The third-order valence-corrected chi connectivity index (χ3v) is 3.85. The molecule has 0 saturated carbocycles. The lowest BCUT2D eigenvalue weighted by Crippen LogP contribution is -2.40. The van der Waals surface area contributed by atoms with Crippen molar-refractivity contribution in [2.45, 2.75) is 25.3 Å². The second-order valence-electron chi connectivity index (χ2n) is 5.37. The van der Waals surface area contributed by atoms with Crippen molar-refractivity contribution in [1.82, 2.24) is 20.2 Å². The number of aromatic amines is 1. The van der Waals surface area contributed by atoms with Gasteiger partial charge >= 0.3 is 12.0 Å². The third kappa shape index (κ3) is 2.88. The number of H-pyrrole nitrogens is 1. The average molecular weight is 302 g/mol. The van der Waals surface area contributed by atoms with Crippen LogP contribution in [-0.4, -0.2) is 45.1 Å². The van der Waals surface area contributed by atoms with Crippen LogP contribution in [0.15, 0.2) is 24.3 Å². The first kappa shape index (κ1) is 14.4. The summed E-state index contributed by atoms with van der Waals surface area (Å²) in [5.74, 6) is -0.136. The SMILES string of the molecule is O=C(O)CCNC(=O)N1CCCC1c1nc2ccccc2[nH]1. The van der Waals surface area contributed by atoms with Crippen LogP contribution >= 0.6 is 0 Å². The first-order valence-corrected chi connectivity index (χ1v) is 7.36. The number of fused-ring (bicyclic) bond motifs is 1. The summed E-state index contributed by atoms with van der Waals surface area (Å²) in [5.41, 5.74) is 1.84. The highest BCUT2D eigenvalue weighted by atomic mass is 16.4. The number of amides is 2. The van der Waals surface area contributed by atoms with Gasteiger partial charge in [-0.25, -0.2) is 9.78 Å². The molecule has 0 spiro atoms. The number of hydrogen-bond donors (Lipinski definition) is 3. The normalized spacial score (nSPS) is 17.8. The molecule has 7 nitrogen and oxygen atoms in total. The smallest absolute Gasteiger partial charge is 0.318 e. The summed E-state index contributed by atoms with van der Waals surface area (Å²) >= 11 is 0. The molecule has 2 aromatic rings. The molecule has 2 heterocycles. The molecule has 1 saturated heterocycles. The van der Waals surface area contributed by atoms with Crippen LogP contribution in [0.5, 0.6) is 0 Å². The van der Waals surface area contributed by atoms with Gasteiger partial charge in [0.25, 0.3) is 0 Å². The first-order chi connectivity index (χ1) is 10.6. The second kappa shape index (κ2) is 6.05. The number of imidazole rings is 1. The van der Waals surface area contributed by atoms with Crippen molar-refractivity contribution < 1.29 is 14.7 Å². The summed E-state index contributed by atoms with van der Waals surface area (Å²) in [7, 11) is 0. The molecule has 1 atom stereocenters. The number of nitrogens with zero attached hydrogens (tertiary/aromatic N) is 2. The Bertz CT molecular complexity index is 664. The minimum Gasteiger partial charge on any atom is -0.481 e. The van der Waals surface area contributed by atoms with Crippen molar-refractivity contribution >= 4 is 23.0 Å². The minimum absolute atomic E-state index is 0.0745. The van der Waals surface area contributed by atoms with Gasteiger partial charge in [-0.1, -0.05) is 12.1 Å². The maximum atomic E-state index is 12.2. The summed E-state index contributed by atoms with van der Waals surface area (Å²) in [5, 5.41) is 11.3. The van der Waals surface area contributed by atoms with Crippen LogP contribution in [0.1, 0.15) is 31.1 Å². The van der Waals surface area contributed by atoms with Gasteiger partial charge in [-0.2, -0.15) is 0 Å². The van der Waals surface area contributed by atoms with Crippen LogP contribution in [0.2, 0.25) is 0 Å². The Morgan fingerprint density at radius 1 is 1.41 bits per heavy atom. The molecule has 0 aliphatic carbocycles. The molecule has 22 heavy (non-hydrogen) atoms. The zero-order chi connectivity index (χ0) is 15.5. The standard InChI is InChI=1S/C15H18N4O3/c20-13(21)7-8-16-15(22)19-9-3-6-12(19)14-17-10-4-1-2-5-11(10)18-14/h1-2,4-5,12H,3,6-9H2,(H,16,22)(H,17,18)(H,20,21). The number of nitrogens with one attached hydrogen (secondary N) is 2. The molecular formula is C15H18N4O3. The molecule has 116 valence electrons. The highest BCUT2D eigenvalue weighted by Crippen LogP contribution is 2.31. The van der Waals surface area contributed by atoms with E-state index >= 15 is 0 Å². The van der Waals surface area contributed by atoms with E-state index in [1.807, 2.05) is 24.3 Å². The lowest BCUT2D eigenvalue weighted by molar-refractivity contribution is -0.136. The minimum atomic E-state index is -0.921. The fraction of sp³-hybridized carbons (Fsp3) is 0.400. The van der Waals surface area contributed by atoms with Crippen molar-refractivity contribution in [3.8, 4) is 0 Å². The monoisotopic (exact) mass is 302 g/mol. The van der Waals surface area contributed by atoms with E-state index in [9.17, 15) is 9.59 Å². The number of urea groups is 1. The highest BCUT2D eigenvalue weighted by molar-refractivity contribution is 5.77. The molecule has 0 radical (unpaired) electrons. The molecular weight excluding hydrogens is 284 g/mol. The van der Waals surface area contributed by atoms with Crippen LogP contribution < -0.4 is 5.32 Å². The number of carboxylic acids is 1. The van der Waals surface area contributed by atoms with Gasteiger partial charge < -0.3 is 20.3 Å². The van der Waals surface area contributed by atoms with Gasteiger partial charge in [0.15, 0.2) is 0 Å². The van der Waals surface area contributed by atoms with Crippen molar-refractivity contribution in [3.05, 3.63) is 30.1 Å². The van der Waals surface area contributed by atoms with E-state index in [1.54, 1.807) is 4.90 Å². The zero-order valence-corrected chi connectivity index (χ0v) is 12.1. The summed E-state index contributed by atoms with van der Waals surface area (Å²) in [6, 6.07) is 7.44. The van der Waals surface area contributed by atoms with Crippen molar-refractivity contribution in [1.29, 1.82) is 0 Å². The molecule has 0 bridgehead atoms. The van der Waals surface area contributed by atoms with Crippen LogP contribution in [0, 0.1) is 0 Å². The third-order valence-electron chi connectivity index (χ3n) is 3.85. The number of likely N-dealkylation sites (tertiary alicyclic amines) is 1. The highest BCUT2D eigenvalue weighted by Gasteiger charge is 2.32. The Hall–Kier alpha value is -2.57. The first-order valence-electron chi connectivity index (χ1n) is 7.36. The van der Waals surface area contributed by atoms with Gasteiger partial charge in [0.1, 0.15) is 5.82 Å².